The first-order valence-corrected chi connectivity index (χ1v) is 9.23. The van der Waals surface area contributed by atoms with Gasteiger partial charge < -0.3 is 4.90 Å². The number of halogens is 9. The number of fused-ring (bicyclic) bond motifs is 1. The maximum absolute atomic E-state index is 13.6. The fourth-order valence-electron chi connectivity index (χ4n) is 2.69. The van der Waals surface area contributed by atoms with Gasteiger partial charge in [-0.05, 0) is 24.3 Å². The summed E-state index contributed by atoms with van der Waals surface area (Å²) in [5.41, 5.74) is 1.10. The maximum atomic E-state index is 13.6. The molecule has 0 bridgehead atoms. The molecule has 0 fully saturated rings. The molecule has 0 aliphatic carbocycles. The lowest BCUT2D eigenvalue weighted by molar-refractivity contribution is -0.138. The van der Waals surface area contributed by atoms with Gasteiger partial charge in [-0.3, -0.25) is 15.6 Å². The minimum absolute atomic E-state index is 0.116. The highest BCUT2D eigenvalue weighted by Crippen LogP contribution is 2.38. The van der Waals surface area contributed by atoms with E-state index in [2.05, 4.69) is 15.8 Å². The third kappa shape index (κ3) is 7.56. The van der Waals surface area contributed by atoms with Crippen LogP contribution in [0.3, 0.4) is 0 Å². The summed E-state index contributed by atoms with van der Waals surface area (Å²) in [7, 11) is 0. The number of amides is 1. The largest absolute Gasteiger partial charge is 0.417 e. The SMILES string of the molecule is CC(C)(C)C(=O)NNc1cc(C(F)(F)F)c2cc(N(CC(F)(F)F)CC(F)(F)F)ccc2n1. The molecule has 2 N–H and O–H groups in total. The fourth-order valence-corrected chi connectivity index (χ4v) is 2.69. The van der Waals surface area contributed by atoms with Crippen LogP contribution >= 0.6 is 0 Å². The smallest absolute Gasteiger partial charge is 0.353 e. The number of carbonyl (C=O) groups excluding carboxylic acids is 1. The van der Waals surface area contributed by atoms with Crippen molar-refractivity contribution in [1.82, 2.24) is 10.4 Å². The summed E-state index contributed by atoms with van der Waals surface area (Å²) in [6, 6.07) is 2.74. The number of aromatic nitrogens is 1. The zero-order valence-electron chi connectivity index (χ0n) is 17.4. The summed E-state index contributed by atoms with van der Waals surface area (Å²) in [6.45, 7) is 0.604. The van der Waals surface area contributed by atoms with E-state index < -0.39 is 65.4 Å². The van der Waals surface area contributed by atoms with Crippen molar-refractivity contribution in [2.75, 3.05) is 23.4 Å². The first-order valence-electron chi connectivity index (χ1n) is 9.23. The molecule has 0 unspecified atom stereocenters. The average molecular weight is 490 g/mol. The number of rotatable bonds is 5. The minimum atomic E-state index is -5.04. The number of anilines is 2. The zero-order chi connectivity index (χ0) is 25.4. The zero-order valence-corrected chi connectivity index (χ0v) is 17.4. The number of nitrogens with one attached hydrogen (secondary N) is 2. The first kappa shape index (κ1) is 26.3. The molecule has 1 heterocycles. The Morgan fingerprint density at radius 3 is 1.91 bits per heavy atom. The van der Waals surface area contributed by atoms with Crippen LogP contribution in [-0.4, -0.2) is 36.3 Å². The fraction of sp³-hybridized carbons (Fsp3) is 0.474. The molecule has 1 amide bonds. The second kappa shape index (κ2) is 8.78. The Morgan fingerprint density at radius 1 is 0.909 bits per heavy atom. The molecule has 33 heavy (non-hydrogen) atoms. The van der Waals surface area contributed by atoms with E-state index in [4.69, 9.17) is 0 Å². The van der Waals surface area contributed by atoms with Gasteiger partial charge in [-0.1, -0.05) is 20.8 Å². The van der Waals surface area contributed by atoms with E-state index in [1.54, 1.807) is 20.8 Å². The number of hydrazine groups is 1. The summed E-state index contributed by atoms with van der Waals surface area (Å²) < 4.78 is 118. The summed E-state index contributed by atoms with van der Waals surface area (Å²) in [5.74, 6) is -0.995. The molecule has 0 saturated heterocycles. The Bertz CT molecular complexity index is 992. The van der Waals surface area contributed by atoms with E-state index in [1.807, 2.05) is 0 Å². The van der Waals surface area contributed by atoms with Gasteiger partial charge in [0, 0.05) is 16.5 Å². The van der Waals surface area contributed by atoms with Gasteiger partial charge in [0.1, 0.15) is 18.9 Å². The molecular formula is C19H19F9N4O. The Balaban J connectivity index is 2.54. The van der Waals surface area contributed by atoms with Crippen molar-refractivity contribution in [3.05, 3.63) is 29.8 Å². The molecule has 14 heteroatoms. The molecule has 1 aromatic carbocycles. The number of benzene rings is 1. The lowest BCUT2D eigenvalue weighted by Crippen LogP contribution is -2.40. The molecule has 0 radical (unpaired) electrons. The normalized spacial score (nSPS) is 13.2. The second-order valence-corrected chi connectivity index (χ2v) is 8.17. The van der Waals surface area contributed by atoms with Crippen molar-refractivity contribution in [2.45, 2.75) is 39.3 Å². The van der Waals surface area contributed by atoms with Crippen LogP contribution in [0.4, 0.5) is 51.0 Å². The van der Waals surface area contributed by atoms with Crippen molar-refractivity contribution < 1.29 is 44.3 Å². The van der Waals surface area contributed by atoms with Crippen LogP contribution in [0.25, 0.3) is 10.9 Å². The van der Waals surface area contributed by atoms with Gasteiger partial charge in [0.15, 0.2) is 0 Å². The van der Waals surface area contributed by atoms with Gasteiger partial charge in [-0.15, -0.1) is 0 Å². The van der Waals surface area contributed by atoms with Crippen LogP contribution < -0.4 is 15.8 Å². The van der Waals surface area contributed by atoms with Crippen molar-refractivity contribution in [2.24, 2.45) is 5.41 Å². The Kier molecular flexibility index (Phi) is 7.01. The molecule has 1 aromatic heterocycles. The van der Waals surface area contributed by atoms with Crippen molar-refractivity contribution in [3.8, 4) is 0 Å². The van der Waals surface area contributed by atoms with Crippen LogP contribution in [0.1, 0.15) is 26.3 Å². The Morgan fingerprint density at radius 2 is 1.45 bits per heavy atom. The molecular weight excluding hydrogens is 471 g/mol. The topological polar surface area (TPSA) is 57.3 Å². The minimum Gasteiger partial charge on any atom is -0.353 e. The van der Waals surface area contributed by atoms with Gasteiger partial charge >= 0.3 is 18.5 Å². The van der Waals surface area contributed by atoms with E-state index in [1.165, 1.54) is 0 Å². The molecule has 5 nitrogen and oxygen atoms in total. The van der Waals surface area contributed by atoms with Crippen LogP contribution in [0.2, 0.25) is 0 Å². The number of hydrogen-bond acceptors (Lipinski definition) is 4. The first-order chi connectivity index (χ1) is 14.8. The van der Waals surface area contributed by atoms with Gasteiger partial charge in [-0.2, -0.15) is 39.5 Å². The molecule has 0 aliphatic rings. The maximum Gasteiger partial charge on any atom is 0.417 e. The monoisotopic (exact) mass is 490 g/mol. The van der Waals surface area contributed by atoms with Crippen LogP contribution in [0.5, 0.6) is 0 Å². The third-order valence-electron chi connectivity index (χ3n) is 4.19. The molecule has 2 rings (SSSR count). The lowest BCUT2D eigenvalue weighted by atomic mass is 9.96. The van der Waals surface area contributed by atoms with Crippen molar-refractivity contribution in [1.29, 1.82) is 0 Å². The summed E-state index contributed by atoms with van der Waals surface area (Å²) in [5, 5.41) is -0.706. The van der Waals surface area contributed by atoms with Crippen molar-refractivity contribution >= 4 is 28.3 Å². The van der Waals surface area contributed by atoms with E-state index in [0.29, 0.717) is 12.1 Å². The standard InChI is InChI=1S/C19H19F9N4O/c1-16(2,3)15(33)31-30-14-7-12(19(26,27)28)11-6-10(4-5-13(11)29-14)32(8-17(20,21)22)9-18(23,24)25/h4-7H,8-9H2,1-3H3,(H,29,30)(H,31,33). The number of hydrogen-bond donors (Lipinski definition) is 2. The van der Waals surface area contributed by atoms with Crippen LogP contribution in [0.15, 0.2) is 24.3 Å². The van der Waals surface area contributed by atoms with E-state index in [0.717, 1.165) is 12.1 Å². The average Bonchev–Trinajstić information content (AvgIpc) is 2.60. The predicted octanol–water partition coefficient (Wildman–Crippen LogP) is 5.67. The Hall–Kier alpha value is -2.93. The number of carbonyl (C=O) groups is 1. The van der Waals surface area contributed by atoms with E-state index in [9.17, 15) is 44.3 Å². The van der Waals surface area contributed by atoms with Gasteiger partial charge in [-0.25, -0.2) is 4.98 Å². The quantitative estimate of drug-likeness (QED) is 0.419. The summed E-state index contributed by atoms with van der Waals surface area (Å²) in [4.78, 5) is 15.7. The summed E-state index contributed by atoms with van der Waals surface area (Å²) in [6.07, 6.45) is -15.1. The third-order valence-corrected chi connectivity index (χ3v) is 4.19. The molecule has 184 valence electrons. The highest BCUT2D eigenvalue weighted by atomic mass is 19.4. The molecule has 0 saturated carbocycles. The predicted molar refractivity (Wildman–Crippen MR) is 102 cm³/mol. The summed E-state index contributed by atoms with van der Waals surface area (Å²) >= 11 is 0. The van der Waals surface area contributed by atoms with E-state index >= 15 is 0 Å². The van der Waals surface area contributed by atoms with Crippen molar-refractivity contribution in [3.63, 3.8) is 0 Å². The Labute approximate surface area is 181 Å². The lowest BCUT2D eigenvalue weighted by Gasteiger charge is -2.27. The van der Waals surface area contributed by atoms with Gasteiger partial charge in [0.2, 0.25) is 5.91 Å². The van der Waals surface area contributed by atoms with E-state index in [-0.39, 0.29) is 10.4 Å². The number of alkyl halides is 9. The highest BCUT2D eigenvalue weighted by molar-refractivity contribution is 5.88. The second-order valence-electron chi connectivity index (χ2n) is 8.17. The molecule has 0 spiro atoms. The van der Waals surface area contributed by atoms with Gasteiger partial charge in [0.25, 0.3) is 0 Å². The molecule has 0 atom stereocenters. The molecule has 0 aliphatic heterocycles. The highest BCUT2D eigenvalue weighted by Gasteiger charge is 2.38. The van der Waals surface area contributed by atoms with Crippen LogP contribution in [0, 0.1) is 5.41 Å². The number of pyridine rings is 1. The molecule has 2 aromatic rings. The van der Waals surface area contributed by atoms with Crippen LogP contribution in [-0.2, 0) is 11.0 Å². The number of nitrogens with zero attached hydrogens (tertiary/aromatic N) is 2. The van der Waals surface area contributed by atoms with Gasteiger partial charge in [0.05, 0.1) is 11.1 Å².